The molecule has 0 atom stereocenters. The van der Waals surface area contributed by atoms with Gasteiger partial charge in [0, 0.05) is 16.8 Å². The summed E-state index contributed by atoms with van der Waals surface area (Å²) in [5, 5.41) is 10.6. The van der Waals surface area contributed by atoms with Crippen LogP contribution >= 0.6 is 0 Å². The van der Waals surface area contributed by atoms with Crippen LogP contribution in [0.3, 0.4) is 0 Å². The minimum Gasteiger partial charge on any atom is -0.310 e. The van der Waals surface area contributed by atoms with Crippen LogP contribution in [0, 0.1) is 34.6 Å². The number of benzene rings is 8. The number of hydrogen-bond acceptors (Lipinski definition) is 1. The number of allylic oxidation sites excluding steroid dienone is 4. The molecular weight excluding hydrogens is 637 g/mol. The number of anilines is 3. The lowest BCUT2D eigenvalue weighted by Gasteiger charge is -2.28. The van der Waals surface area contributed by atoms with E-state index in [-0.39, 0.29) is 6.71 Å². The summed E-state index contributed by atoms with van der Waals surface area (Å²) in [6, 6.07) is 45.9. The highest BCUT2D eigenvalue weighted by Crippen LogP contribution is 2.46. The average molecular weight is 686 g/mol. The number of fused-ring (bicyclic) bond motifs is 2. The largest absolute Gasteiger partial charge is 0.310 e. The third-order valence-corrected chi connectivity index (χ3v) is 11.7. The molecule has 0 aliphatic carbocycles. The molecule has 0 N–H and O–H groups in total. The first-order chi connectivity index (χ1) is 25.6. The van der Waals surface area contributed by atoms with Crippen LogP contribution in [0.5, 0.6) is 0 Å². The van der Waals surface area contributed by atoms with Crippen LogP contribution in [0.4, 0.5) is 17.1 Å². The molecule has 260 valence electrons. The van der Waals surface area contributed by atoms with E-state index in [2.05, 4.69) is 194 Å². The molecule has 1 nitrogen and oxygen atoms in total. The Morgan fingerprint density at radius 1 is 0.547 bits per heavy atom. The molecule has 0 unspecified atom stereocenters. The highest BCUT2D eigenvalue weighted by Gasteiger charge is 2.27. The van der Waals surface area contributed by atoms with Crippen LogP contribution in [-0.2, 0) is 0 Å². The van der Waals surface area contributed by atoms with Gasteiger partial charge >= 0.3 is 0 Å². The maximum atomic E-state index is 2.45. The first kappa shape index (κ1) is 34.5. The first-order valence-electron chi connectivity index (χ1n) is 19.1. The predicted molar refractivity (Wildman–Crippen MR) is 235 cm³/mol. The Balaban J connectivity index is 1.40. The van der Waals surface area contributed by atoms with Crippen LogP contribution < -0.4 is 15.8 Å². The summed E-state index contributed by atoms with van der Waals surface area (Å²) in [5.41, 5.74) is 15.7. The summed E-state index contributed by atoms with van der Waals surface area (Å²) < 4.78 is 0. The Labute approximate surface area is 315 Å². The molecule has 8 rings (SSSR count). The average Bonchev–Trinajstić information content (AvgIpc) is 3.16. The summed E-state index contributed by atoms with van der Waals surface area (Å²) in [6.45, 7) is 18.0. The Morgan fingerprint density at radius 3 is 1.66 bits per heavy atom. The van der Waals surface area contributed by atoms with E-state index in [9.17, 15) is 0 Å². The molecule has 0 aliphatic rings. The smallest absolute Gasteiger partial charge is 0.214 e. The molecule has 0 aliphatic heterocycles. The van der Waals surface area contributed by atoms with Gasteiger partial charge in [0.25, 0.3) is 0 Å². The first-order valence-corrected chi connectivity index (χ1v) is 19.1. The lowest BCUT2D eigenvalue weighted by molar-refractivity contribution is 1.28. The highest BCUT2D eigenvalue weighted by atomic mass is 15.1. The van der Waals surface area contributed by atoms with Gasteiger partial charge < -0.3 is 4.90 Å². The van der Waals surface area contributed by atoms with Gasteiger partial charge in [0.15, 0.2) is 0 Å². The van der Waals surface area contributed by atoms with E-state index < -0.39 is 0 Å². The van der Waals surface area contributed by atoms with E-state index >= 15 is 0 Å². The van der Waals surface area contributed by atoms with Crippen molar-refractivity contribution in [2.24, 2.45) is 0 Å². The van der Waals surface area contributed by atoms with E-state index in [0.717, 1.165) is 17.7 Å². The van der Waals surface area contributed by atoms with Gasteiger partial charge in [0.1, 0.15) is 0 Å². The summed E-state index contributed by atoms with van der Waals surface area (Å²) in [5.74, 6) is 0. The number of rotatable bonds is 8. The van der Waals surface area contributed by atoms with Crippen molar-refractivity contribution >= 4 is 77.8 Å². The summed E-state index contributed by atoms with van der Waals surface area (Å²) in [7, 11) is 0. The summed E-state index contributed by atoms with van der Waals surface area (Å²) in [4.78, 5) is 2.42. The molecule has 0 saturated carbocycles. The fourth-order valence-electron chi connectivity index (χ4n) is 8.76. The number of aryl methyl sites for hydroxylation is 4. The lowest BCUT2D eigenvalue weighted by atomic mass is 9.35. The predicted octanol–water partition coefficient (Wildman–Crippen LogP) is 13.3. The van der Waals surface area contributed by atoms with Crippen LogP contribution in [0.15, 0.2) is 145 Å². The molecule has 53 heavy (non-hydrogen) atoms. The van der Waals surface area contributed by atoms with Crippen molar-refractivity contribution in [3.8, 4) is 0 Å². The van der Waals surface area contributed by atoms with Crippen molar-refractivity contribution < 1.29 is 0 Å². The maximum absolute atomic E-state index is 2.45. The van der Waals surface area contributed by atoms with Gasteiger partial charge in [-0.3, -0.25) is 0 Å². The molecule has 0 fully saturated rings. The standard InChI is InChI=1S/C51H48BN/c1-9-32(2)30-35(5)31-52(51-37(7)21-20-36(6)38(51)8)47-28-26-43-44-27-29-48(46-15-11-13-42(50(44)46)41-12-10-14-45(47)49(41)43)53(39-22-16-33(3)17-23-39)40-24-18-34(4)19-25-40/h9-30H,31H2,1-8H3/b32-9-,35-30+. The van der Waals surface area contributed by atoms with E-state index in [0.29, 0.717) is 0 Å². The summed E-state index contributed by atoms with van der Waals surface area (Å²) >= 11 is 0. The molecule has 0 heterocycles. The second kappa shape index (κ2) is 13.8. The van der Waals surface area contributed by atoms with E-state index in [1.165, 1.54) is 98.7 Å². The topological polar surface area (TPSA) is 3.24 Å². The van der Waals surface area contributed by atoms with Gasteiger partial charge in [-0.2, -0.15) is 0 Å². The van der Waals surface area contributed by atoms with Crippen molar-refractivity contribution in [1.29, 1.82) is 0 Å². The number of nitrogens with zero attached hydrogens (tertiary/aromatic N) is 1. The van der Waals surface area contributed by atoms with Crippen molar-refractivity contribution in [3.05, 3.63) is 172 Å². The second-order valence-electron chi connectivity index (χ2n) is 15.3. The third kappa shape index (κ3) is 6.01. The highest BCUT2D eigenvalue weighted by molar-refractivity contribution is 6.88. The molecular formula is C51H48BN. The Hall–Kier alpha value is -5.60. The maximum Gasteiger partial charge on any atom is 0.214 e. The molecule has 0 amide bonds. The monoisotopic (exact) mass is 685 g/mol. The fraction of sp³-hybridized carbons (Fsp3) is 0.176. The van der Waals surface area contributed by atoms with Crippen molar-refractivity contribution in [3.63, 3.8) is 0 Å². The molecule has 0 radical (unpaired) electrons. The molecule has 0 spiro atoms. The minimum atomic E-state index is 0.234. The molecule has 0 bridgehead atoms. The quantitative estimate of drug-likeness (QED) is 0.0666. The zero-order valence-corrected chi connectivity index (χ0v) is 32.4. The lowest BCUT2D eigenvalue weighted by Crippen LogP contribution is -2.45. The van der Waals surface area contributed by atoms with Crippen LogP contribution in [-0.4, -0.2) is 6.71 Å². The van der Waals surface area contributed by atoms with Crippen LogP contribution in [0.2, 0.25) is 6.32 Å². The molecule has 2 heteroatoms. The van der Waals surface area contributed by atoms with E-state index in [4.69, 9.17) is 0 Å². The zero-order chi connectivity index (χ0) is 37.0. The Morgan fingerprint density at radius 2 is 1.06 bits per heavy atom. The van der Waals surface area contributed by atoms with Gasteiger partial charge in [-0.25, -0.2) is 0 Å². The zero-order valence-electron chi connectivity index (χ0n) is 32.4. The second-order valence-corrected chi connectivity index (χ2v) is 15.3. The van der Waals surface area contributed by atoms with Gasteiger partial charge in [-0.05, 0) is 135 Å². The number of hydrogen-bond donors (Lipinski definition) is 0. The van der Waals surface area contributed by atoms with Crippen molar-refractivity contribution in [1.82, 2.24) is 0 Å². The molecule has 8 aromatic carbocycles. The molecule has 0 saturated heterocycles. The van der Waals surface area contributed by atoms with E-state index in [1.807, 2.05) is 0 Å². The molecule has 8 aromatic rings. The van der Waals surface area contributed by atoms with E-state index in [1.54, 1.807) is 0 Å². The van der Waals surface area contributed by atoms with Gasteiger partial charge in [0.2, 0.25) is 6.71 Å². The normalized spacial score (nSPS) is 12.5. The SMILES string of the molecule is C/C=C(C)\C=C(/C)CB(c1c(C)ccc(C)c1C)c1ccc2c3ccc(N(c4ccc(C)cc4)c4ccc(C)cc4)c4cccc(c5cccc1c52)c43. The van der Waals surface area contributed by atoms with Gasteiger partial charge in [-0.1, -0.05) is 147 Å². The van der Waals surface area contributed by atoms with Crippen molar-refractivity contribution in [2.45, 2.75) is 61.7 Å². The minimum absolute atomic E-state index is 0.234. The molecule has 0 aromatic heterocycles. The Kier molecular flexibility index (Phi) is 8.95. The van der Waals surface area contributed by atoms with Gasteiger partial charge in [0.05, 0.1) is 5.69 Å². The van der Waals surface area contributed by atoms with Crippen LogP contribution in [0.25, 0.3) is 43.1 Å². The van der Waals surface area contributed by atoms with Crippen molar-refractivity contribution in [2.75, 3.05) is 4.90 Å². The third-order valence-electron chi connectivity index (χ3n) is 11.7. The van der Waals surface area contributed by atoms with Gasteiger partial charge in [-0.15, -0.1) is 0 Å². The summed E-state index contributed by atoms with van der Waals surface area (Å²) in [6.07, 6.45) is 5.54. The fourth-order valence-corrected chi connectivity index (χ4v) is 8.76. The van der Waals surface area contributed by atoms with Crippen LogP contribution in [0.1, 0.15) is 48.6 Å². The Bertz CT molecular complexity index is 2650.